The van der Waals surface area contributed by atoms with Gasteiger partial charge in [-0.2, -0.15) is 0 Å². The minimum Gasteiger partial charge on any atom is -1.00 e. The second-order valence-corrected chi connectivity index (χ2v) is 5.01. The largest absolute Gasteiger partial charge is 1.00 e. The second-order valence-electron chi connectivity index (χ2n) is 5.01. The molecule has 1 heterocycles. The Hall–Kier alpha value is 0.280. The SMILES string of the molecule is CCCCCCCCCCCCc1ccco1.[H-].[Na+]. The van der Waals surface area contributed by atoms with E-state index in [1.807, 2.05) is 6.07 Å². The molecular formula is C16H29NaO. The van der Waals surface area contributed by atoms with Crippen molar-refractivity contribution in [2.45, 2.75) is 77.6 Å². The molecule has 0 amide bonds. The minimum absolute atomic E-state index is 0. The smallest absolute Gasteiger partial charge is 1.00 e. The Morgan fingerprint density at radius 1 is 0.889 bits per heavy atom. The van der Waals surface area contributed by atoms with Crippen LogP contribution in [0, 0.1) is 0 Å². The van der Waals surface area contributed by atoms with Crippen molar-refractivity contribution in [2.75, 3.05) is 0 Å². The molecule has 0 aliphatic rings. The molecule has 1 aromatic heterocycles. The van der Waals surface area contributed by atoms with Crippen molar-refractivity contribution >= 4 is 0 Å². The predicted octanol–water partition coefficient (Wildman–Crippen LogP) is 2.86. The Morgan fingerprint density at radius 2 is 1.44 bits per heavy atom. The van der Waals surface area contributed by atoms with Crippen molar-refractivity contribution in [3.8, 4) is 0 Å². The fourth-order valence-corrected chi connectivity index (χ4v) is 2.24. The first kappa shape index (κ1) is 18.3. The van der Waals surface area contributed by atoms with Gasteiger partial charge in [-0.25, -0.2) is 0 Å². The molecule has 0 bridgehead atoms. The van der Waals surface area contributed by atoms with E-state index in [2.05, 4.69) is 13.0 Å². The fraction of sp³-hybridized carbons (Fsp3) is 0.750. The quantitative estimate of drug-likeness (QED) is 0.440. The van der Waals surface area contributed by atoms with Crippen molar-refractivity contribution < 1.29 is 35.4 Å². The Balaban J connectivity index is 0. The van der Waals surface area contributed by atoms with Crippen LogP contribution < -0.4 is 29.6 Å². The van der Waals surface area contributed by atoms with E-state index in [1.165, 1.54) is 64.2 Å². The average Bonchev–Trinajstić information content (AvgIpc) is 2.85. The number of aryl methyl sites for hydroxylation is 1. The third-order valence-electron chi connectivity index (χ3n) is 3.36. The zero-order valence-corrected chi connectivity index (χ0v) is 14.4. The first-order chi connectivity index (χ1) is 8.43. The monoisotopic (exact) mass is 260 g/mol. The number of rotatable bonds is 11. The summed E-state index contributed by atoms with van der Waals surface area (Å²) in [7, 11) is 0. The first-order valence-corrected chi connectivity index (χ1v) is 7.46. The molecule has 0 saturated heterocycles. The van der Waals surface area contributed by atoms with Gasteiger partial charge in [0.1, 0.15) is 5.76 Å². The van der Waals surface area contributed by atoms with Gasteiger partial charge in [0.15, 0.2) is 0 Å². The zero-order chi connectivity index (χ0) is 12.2. The summed E-state index contributed by atoms with van der Waals surface area (Å²) in [6.45, 7) is 2.28. The Bertz CT molecular complexity index is 249. The van der Waals surface area contributed by atoms with E-state index >= 15 is 0 Å². The molecule has 0 fully saturated rings. The summed E-state index contributed by atoms with van der Waals surface area (Å²) in [5, 5.41) is 0. The maximum absolute atomic E-state index is 5.32. The van der Waals surface area contributed by atoms with Crippen LogP contribution in [0.25, 0.3) is 0 Å². The van der Waals surface area contributed by atoms with Gasteiger partial charge in [-0.15, -0.1) is 0 Å². The van der Waals surface area contributed by atoms with E-state index in [-0.39, 0.29) is 31.0 Å². The van der Waals surface area contributed by atoms with E-state index in [0.29, 0.717) is 0 Å². The molecule has 1 nitrogen and oxygen atoms in total. The average molecular weight is 260 g/mol. The van der Waals surface area contributed by atoms with Gasteiger partial charge in [0, 0.05) is 6.42 Å². The van der Waals surface area contributed by atoms with Gasteiger partial charge in [0.25, 0.3) is 0 Å². The van der Waals surface area contributed by atoms with Gasteiger partial charge >= 0.3 is 29.6 Å². The summed E-state index contributed by atoms with van der Waals surface area (Å²) < 4.78 is 5.32. The summed E-state index contributed by atoms with van der Waals surface area (Å²) >= 11 is 0. The molecule has 1 aromatic rings. The van der Waals surface area contributed by atoms with Crippen LogP contribution in [0.4, 0.5) is 0 Å². The molecule has 0 radical (unpaired) electrons. The number of unbranched alkanes of at least 4 members (excludes halogenated alkanes) is 9. The zero-order valence-electron chi connectivity index (χ0n) is 13.4. The van der Waals surface area contributed by atoms with E-state index in [1.54, 1.807) is 6.26 Å². The summed E-state index contributed by atoms with van der Waals surface area (Å²) in [6.07, 6.45) is 16.9. The first-order valence-electron chi connectivity index (χ1n) is 7.46. The standard InChI is InChI=1S/C16H28O.Na.H/c1-2-3-4-5-6-7-8-9-10-11-13-16-14-12-15-17-16;;/h12,14-15H,2-11,13H2,1H3;;/q;+1;-1. The van der Waals surface area contributed by atoms with Gasteiger partial charge in [-0.05, 0) is 18.6 Å². The van der Waals surface area contributed by atoms with Crippen LogP contribution in [0.1, 0.15) is 78.3 Å². The molecule has 100 valence electrons. The van der Waals surface area contributed by atoms with Crippen LogP contribution in [0.5, 0.6) is 0 Å². The topological polar surface area (TPSA) is 13.1 Å². The van der Waals surface area contributed by atoms with Crippen LogP contribution in [0.3, 0.4) is 0 Å². The summed E-state index contributed by atoms with van der Waals surface area (Å²) in [6, 6.07) is 4.05. The fourth-order valence-electron chi connectivity index (χ4n) is 2.24. The van der Waals surface area contributed by atoms with Gasteiger partial charge in [0.2, 0.25) is 0 Å². The van der Waals surface area contributed by atoms with Crippen molar-refractivity contribution in [1.29, 1.82) is 0 Å². The molecule has 0 aromatic carbocycles. The molecule has 0 unspecified atom stereocenters. The maximum Gasteiger partial charge on any atom is 1.00 e. The Morgan fingerprint density at radius 3 is 1.94 bits per heavy atom. The van der Waals surface area contributed by atoms with E-state index in [9.17, 15) is 0 Å². The molecule has 0 aliphatic heterocycles. The Labute approximate surface area is 137 Å². The minimum atomic E-state index is 0. The molecule has 0 atom stereocenters. The molecule has 18 heavy (non-hydrogen) atoms. The van der Waals surface area contributed by atoms with Crippen molar-refractivity contribution in [2.24, 2.45) is 0 Å². The van der Waals surface area contributed by atoms with Gasteiger partial charge in [0.05, 0.1) is 6.26 Å². The maximum atomic E-state index is 5.32. The van der Waals surface area contributed by atoms with Crippen LogP contribution >= 0.6 is 0 Å². The number of hydrogen-bond donors (Lipinski definition) is 0. The van der Waals surface area contributed by atoms with Gasteiger partial charge < -0.3 is 5.84 Å². The molecule has 1 rings (SSSR count). The molecule has 0 saturated carbocycles. The molecule has 0 spiro atoms. The third kappa shape index (κ3) is 10.2. The van der Waals surface area contributed by atoms with Crippen molar-refractivity contribution in [3.05, 3.63) is 24.2 Å². The summed E-state index contributed by atoms with van der Waals surface area (Å²) in [5.74, 6) is 1.14. The van der Waals surface area contributed by atoms with Crippen LogP contribution in [-0.4, -0.2) is 0 Å². The second kappa shape index (κ2) is 13.7. The predicted molar refractivity (Wildman–Crippen MR) is 75.4 cm³/mol. The summed E-state index contributed by atoms with van der Waals surface area (Å²) in [5.41, 5.74) is 0. The van der Waals surface area contributed by atoms with Crippen LogP contribution in [0.15, 0.2) is 22.8 Å². The van der Waals surface area contributed by atoms with Crippen molar-refractivity contribution in [3.63, 3.8) is 0 Å². The number of hydrogen-bond acceptors (Lipinski definition) is 1. The Kier molecular flexibility index (Phi) is 13.9. The van der Waals surface area contributed by atoms with Crippen LogP contribution in [-0.2, 0) is 6.42 Å². The molecule has 0 N–H and O–H groups in total. The molecule has 2 heteroatoms. The van der Waals surface area contributed by atoms with Gasteiger partial charge in [-0.1, -0.05) is 64.7 Å². The van der Waals surface area contributed by atoms with E-state index in [4.69, 9.17) is 4.42 Å². The van der Waals surface area contributed by atoms with Crippen LogP contribution in [0.2, 0.25) is 0 Å². The third-order valence-corrected chi connectivity index (χ3v) is 3.36. The molecular weight excluding hydrogens is 231 g/mol. The van der Waals surface area contributed by atoms with E-state index < -0.39 is 0 Å². The number of furan rings is 1. The normalized spacial score (nSPS) is 10.3. The molecule has 0 aliphatic carbocycles. The van der Waals surface area contributed by atoms with E-state index in [0.717, 1.165) is 12.2 Å². The van der Waals surface area contributed by atoms with Crippen molar-refractivity contribution in [1.82, 2.24) is 0 Å². The summed E-state index contributed by atoms with van der Waals surface area (Å²) in [4.78, 5) is 0. The van der Waals surface area contributed by atoms with Gasteiger partial charge in [-0.3, -0.25) is 0 Å².